The lowest BCUT2D eigenvalue weighted by Gasteiger charge is -2.28. The summed E-state index contributed by atoms with van der Waals surface area (Å²) in [4.78, 5) is 24.5. The minimum absolute atomic E-state index is 0.0694. The highest BCUT2D eigenvalue weighted by molar-refractivity contribution is 5.86. The Labute approximate surface area is 221 Å². The van der Waals surface area contributed by atoms with Gasteiger partial charge in [0.05, 0.1) is 19.3 Å². The summed E-state index contributed by atoms with van der Waals surface area (Å²) >= 11 is 0. The molecule has 2 aromatic heterocycles. The van der Waals surface area contributed by atoms with Crippen LogP contribution in [0.5, 0.6) is 0 Å². The molecule has 1 aliphatic rings. The molecular formula is C30H42N4O3. The topological polar surface area (TPSA) is 70.7 Å². The average molecular weight is 507 g/mol. The number of ether oxygens (including phenoxy) is 2. The minimum Gasteiger partial charge on any atom is -0.444 e. The highest BCUT2D eigenvalue weighted by Gasteiger charge is 2.32. The summed E-state index contributed by atoms with van der Waals surface area (Å²) in [6, 6.07) is 8.86. The molecule has 0 bridgehead atoms. The number of carbonyl (C=O) groups is 1. The zero-order chi connectivity index (χ0) is 26.4. The summed E-state index contributed by atoms with van der Waals surface area (Å²) < 4.78 is 11.6. The predicted octanol–water partition coefficient (Wildman–Crippen LogP) is 5.72. The summed E-state index contributed by atoms with van der Waals surface area (Å²) in [7, 11) is 4.20. The van der Waals surface area contributed by atoms with Crippen LogP contribution in [-0.2, 0) is 35.5 Å². The molecule has 1 aliphatic heterocycles. The Kier molecular flexibility index (Phi) is 8.87. The Morgan fingerprint density at radius 1 is 1.16 bits per heavy atom. The zero-order valence-corrected chi connectivity index (χ0v) is 23.0. The van der Waals surface area contributed by atoms with Gasteiger partial charge in [0.15, 0.2) is 0 Å². The number of fused-ring (bicyclic) bond motifs is 1. The van der Waals surface area contributed by atoms with Gasteiger partial charge in [-0.05, 0) is 89.2 Å². The first-order valence-corrected chi connectivity index (χ1v) is 13.4. The van der Waals surface area contributed by atoms with Crippen LogP contribution in [0.25, 0.3) is 10.9 Å². The Morgan fingerprint density at radius 2 is 1.97 bits per heavy atom. The van der Waals surface area contributed by atoms with Gasteiger partial charge in [0, 0.05) is 42.6 Å². The van der Waals surface area contributed by atoms with Crippen LogP contribution in [0.15, 0.2) is 42.9 Å². The van der Waals surface area contributed by atoms with Crippen LogP contribution < -0.4 is 0 Å². The summed E-state index contributed by atoms with van der Waals surface area (Å²) in [5.41, 5.74) is 5.77. The molecular weight excluding hydrogens is 464 g/mol. The number of aromatic nitrogens is 2. The largest absolute Gasteiger partial charge is 0.444 e. The summed E-state index contributed by atoms with van der Waals surface area (Å²) in [6.45, 7) is 8.37. The van der Waals surface area contributed by atoms with Gasteiger partial charge < -0.3 is 24.3 Å². The van der Waals surface area contributed by atoms with Gasteiger partial charge in [0.25, 0.3) is 0 Å². The van der Waals surface area contributed by atoms with Crippen molar-refractivity contribution in [3.63, 3.8) is 0 Å². The minimum atomic E-state index is -0.486. The van der Waals surface area contributed by atoms with E-state index >= 15 is 0 Å². The standard InChI is InChI=1S/C30H42N4O3/c1-30(2,3)37-29(35)34-14-8-12-26(34)21-36-20-23-15-22(16-31-17-23)9-6-10-24-11-7-13-27-25(19-33(4)5)18-32-28(24)27/h7,11,13,15-18,26,32H,6,8-10,12,14,19-21H2,1-5H3. The van der Waals surface area contributed by atoms with Crippen LogP contribution in [0.4, 0.5) is 4.79 Å². The van der Waals surface area contributed by atoms with Gasteiger partial charge in [-0.1, -0.05) is 24.3 Å². The van der Waals surface area contributed by atoms with Gasteiger partial charge >= 0.3 is 6.09 Å². The van der Waals surface area contributed by atoms with Gasteiger partial charge in [-0.3, -0.25) is 4.98 Å². The Bertz CT molecular complexity index is 1180. The molecule has 200 valence electrons. The maximum Gasteiger partial charge on any atom is 0.410 e. The fourth-order valence-electron chi connectivity index (χ4n) is 5.08. The summed E-state index contributed by atoms with van der Waals surface area (Å²) in [5, 5.41) is 1.32. The van der Waals surface area contributed by atoms with E-state index in [1.165, 1.54) is 27.6 Å². The number of hydrogen-bond acceptors (Lipinski definition) is 5. The fourth-order valence-corrected chi connectivity index (χ4v) is 5.08. The van der Waals surface area contributed by atoms with Crippen LogP contribution in [-0.4, -0.2) is 64.8 Å². The van der Waals surface area contributed by atoms with E-state index in [1.54, 1.807) is 0 Å². The van der Waals surface area contributed by atoms with Crippen molar-refractivity contribution in [2.75, 3.05) is 27.2 Å². The number of aromatic amines is 1. The molecule has 1 unspecified atom stereocenters. The predicted molar refractivity (Wildman–Crippen MR) is 148 cm³/mol. The van der Waals surface area contributed by atoms with Gasteiger partial charge in [-0.15, -0.1) is 0 Å². The molecule has 7 nitrogen and oxygen atoms in total. The maximum atomic E-state index is 12.5. The Hall–Kier alpha value is -2.90. The number of para-hydroxylation sites is 1. The second-order valence-corrected chi connectivity index (χ2v) is 11.4. The molecule has 0 radical (unpaired) electrons. The highest BCUT2D eigenvalue weighted by Crippen LogP contribution is 2.24. The first-order valence-electron chi connectivity index (χ1n) is 13.4. The number of aryl methyl sites for hydroxylation is 2. The molecule has 1 atom stereocenters. The van der Waals surface area contributed by atoms with E-state index in [1.807, 2.05) is 38.1 Å². The van der Waals surface area contributed by atoms with Crippen LogP contribution in [0.2, 0.25) is 0 Å². The molecule has 37 heavy (non-hydrogen) atoms. The lowest BCUT2D eigenvalue weighted by molar-refractivity contribution is 0.00880. The van der Waals surface area contributed by atoms with Crippen LogP contribution >= 0.6 is 0 Å². The van der Waals surface area contributed by atoms with Crippen molar-refractivity contribution < 1.29 is 14.3 Å². The average Bonchev–Trinajstić information content (AvgIpc) is 3.46. The molecule has 0 saturated carbocycles. The van der Waals surface area contributed by atoms with Gasteiger partial charge in [-0.2, -0.15) is 0 Å². The smallest absolute Gasteiger partial charge is 0.410 e. The van der Waals surface area contributed by atoms with Crippen molar-refractivity contribution in [1.82, 2.24) is 19.8 Å². The van der Waals surface area contributed by atoms with Crippen molar-refractivity contribution in [3.8, 4) is 0 Å². The molecule has 0 aliphatic carbocycles. The van der Waals surface area contributed by atoms with E-state index in [0.717, 1.165) is 50.8 Å². The molecule has 3 heterocycles. The molecule has 7 heteroatoms. The third-order valence-electron chi connectivity index (χ3n) is 6.72. The SMILES string of the molecule is CN(C)Cc1c[nH]c2c(CCCc3cncc(COCC4CCCN4C(=O)OC(C)(C)C)c3)cccc12. The lowest BCUT2D eigenvalue weighted by Crippen LogP contribution is -2.41. The quantitative estimate of drug-likeness (QED) is 0.381. The lowest BCUT2D eigenvalue weighted by atomic mass is 10.0. The first-order chi connectivity index (χ1) is 17.7. The number of benzene rings is 1. The Morgan fingerprint density at radius 3 is 2.76 bits per heavy atom. The van der Waals surface area contributed by atoms with Crippen molar-refractivity contribution >= 4 is 17.0 Å². The van der Waals surface area contributed by atoms with Gasteiger partial charge in [0.1, 0.15) is 5.60 Å². The molecule has 3 aromatic rings. The molecule has 1 fully saturated rings. The number of H-pyrrole nitrogens is 1. The summed E-state index contributed by atoms with van der Waals surface area (Å²) in [6.07, 6.45) is 10.7. The van der Waals surface area contributed by atoms with Crippen molar-refractivity contribution in [3.05, 3.63) is 65.1 Å². The van der Waals surface area contributed by atoms with E-state index in [4.69, 9.17) is 9.47 Å². The zero-order valence-electron chi connectivity index (χ0n) is 23.0. The monoisotopic (exact) mass is 506 g/mol. The fraction of sp³-hybridized carbons (Fsp3) is 0.533. The molecule has 1 aromatic carbocycles. The number of hydrogen-bond donors (Lipinski definition) is 1. The second kappa shape index (κ2) is 12.1. The number of amides is 1. The van der Waals surface area contributed by atoms with Crippen LogP contribution in [0, 0.1) is 0 Å². The van der Waals surface area contributed by atoms with Crippen molar-refractivity contribution in [2.45, 2.75) is 77.7 Å². The molecule has 4 rings (SSSR count). The van der Waals surface area contributed by atoms with Crippen LogP contribution in [0.1, 0.15) is 62.3 Å². The molecule has 1 saturated heterocycles. The Balaban J connectivity index is 1.26. The number of carbonyl (C=O) groups excluding carboxylic acids is 1. The van der Waals surface area contributed by atoms with Crippen LogP contribution in [0.3, 0.4) is 0 Å². The van der Waals surface area contributed by atoms with E-state index in [-0.39, 0.29) is 12.1 Å². The number of likely N-dealkylation sites (tertiary alicyclic amines) is 1. The number of pyridine rings is 1. The maximum absolute atomic E-state index is 12.5. The molecule has 0 spiro atoms. The third-order valence-corrected chi connectivity index (χ3v) is 6.72. The van der Waals surface area contributed by atoms with Gasteiger partial charge in [-0.25, -0.2) is 4.79 Å². The van der Waals surface area contributed by atoms with Crippen molar-refractivity contribution in [2.24, 2.45) is 0 Å². The van der Waals surface area contributed by atoms with E-state index in [9.17, 15) is 4.79 Å². The number of rotatable bonds is 10. The number of nitrogens with zero attached hydrogens (tertiary/aromatic N) is 3. The van der Waals surface area contributed by atoms with E-state index < -0.39 is 5.60 Å². The normalized spacial score (nSPS) is 16.2. The number of nitrogens with one attached hydrogen (secondary N) is 1. The highest BCUT2D eigenvalue weighted by atomic mass is 16.6. The molecule has 1 amide bonds. The van der Waals surface area contributed by atoms with E-state index in [2.05, 4.69) is 59.4 Å². The third kappa shape index (κ3) is 7.55. The van der Waals surface area contributed by atoms with Gasteiger partial charge in [0.2, 0.25) is 0 Å². The van der Waals surface area contributed by atoms with E-state index in [0.29, 0.717) is 13.2 Å². The second-order valence-electron chi connectivity index (χ2n) is 11.4. The summed E-state index contributed by atoms with van der Waals surface area (Å²) in [5.74, 6) is 0. The molecule has 1 N–H and O–H groups in total. The first kappa shape index (κ1) is 27.1. The van der Waals surface area contributed by atoms with Crippen molar-refractivity contribution in [1.29, 1.82) is 0 Å².